The molecule has 0 unspecified atom stereocenters. The van der Waals surface area contributed by atoms with E-state index in [4.69, 9.17) is 0 Å². The zero-order valence-electron chi connectivity index (χ0n) is 13.4. The predicted molar refractivity (Wildman–Crippen MR) is 89.1 cm³/mol. The highest BCUT2D eigenvalue weighted by atomic mass is 16.2. The molecule has 1 amide bonds. The van der Waals surface area contributed by atoms with Crippen molar-refractivity contribution in [2.24, 2.45) is 5.41 Å². The fourth-order valence-electron chi connectivity index (χ4n) is 2.62. The lowest BCUT2D eigenvalue weighted by Gasteiger charge is -2.20. The molecule has 1 fully saturated rings. The van der Waals surface area contributed by atoms with Gasteiger partial charge >= 0.3 is 0 Å². The molecular formula is C17H22N4O. The van der Waals surface area contributed by atoms with Gasteiger partial charge in [-0.25, -0.2) is 9.97 Å². The number of hydrogen-bond acceptors (Lipinski definition) is 4. The summed E-state index contributed by atoms with van der Waals surface area (Å²) in [5.41, 5.74) is 1.29. The molecule has 116 valence electrons. The maximum Gasteiger partial charge on any atom is 0.229 e. The van der Waals surface area contributed by atoms with Crippen LogP contribution in [0.4, 0.5) is 11.5 Å². The Bertz CT molecular complexity index is 699. The molecule has 5 nitrogen and oxygen atoms in total. The molecule has 1 aliphatic rings. The topological polar surface area (TPSA) is 58.1 Å². The number of anilines is 2. The molecule has 2 aromatic rings. The first kappa shape index (κ1) is 14.8. The van der Waals surface area contributed by atoms with Crippen molar-refractivity contribution < 1.29 is 4.79 Å². The molecule has 22 heavy (non-hydrogen) atoms. The Labute approximate surface area is 130 Å². The van der Waals surface area contributed by atoms with E-state index in [1.54, 1.807) is 6.33 Å². The van der Waals surface area contributed by atoms with Crippen molar-refractivity contribution in [2.45, 2.75) is 33.6 Å². The standard InChI is InChI=1S/C17H22N4O/c1-17(2,3)16(22)20-12-6-7-14-13(10-12)15(19-11-18-14)21-8-4-5-9-21/h6-7,10-11H,4-5,8-9H2,1-3H3,(H,20,22). The Morgan fingerprint density at radius 1 is 1.18 bits per heavy atom. The summed E-state index contributed by atoms with van der Waals surface area (Å²) in [5.74, 6) is 0.973. The van der Waals surface area contributed by atoms with E-state index in [1.807, 2.05) is 39.0 Å². The smallest absolute Gasteiger partial charge is 0.229 e. The Morgan fingerprint density at radius 2 is 1.91 bits per heavy atom. The molecule has 5 heteroatoms. The summed E-state index contributed by atoms with van der Waals surface area (Å²) in [4.78, 5) is 23.2. The van der Waals surface area contributed by atoms with Crippen LogP contribution >= 0.6 is 0 Å². The van der Waals surface area contributed by atoms with E-state index in [2.05, 4.69) is 20.2 Å². The summed E-state index contributed by atoms with van der Waals surface area (Å²) in [6.45, 7) is 7.78. The van der Waals surface area contributed by atoms with E-state index in [1.165, 1.54) is 12.8 Å². The Kier molecular flexibility index (Phi) is 3.72. The van der Waals surface area contributed by atoms with E-state index in [0.29, 0.717) is 0 Å². The quantitative estimate of drug-likeness (QED) is 0.925. The Hall–Kier alpha value is -2.17. The Balaban J connectivity index is 1.97. The number of aromatic nitrogens is 2. The van der Waals surface area contributed by atoms with Crippen molar-refractivity contribution in [3.63, 3.8) is 0 Å². The van der Waals surface area contributed by atoms with Crippen LogP contribution in [0.2, 0.25) is 0 Å². The number of carbonyl (C=O) groups is 1. The number of benzene rings is 1. The second-order valence-electron chi connectivity index (χ2n) is 6.83. The molecule has 0 spiro atoms. The summed E-state index contributed by atoms with van der Waals surface area (Å²) in [5, 5.41) is 3.98. The fourth-order valence-corrected chi connectivity index (χ4v) is 2.62. The van der Waals surface area contributed by atoms with Gasteiger partial charge < -0.3 is 10.2 Å². The van der Waals surface area contributed by atoms with Crippen LogP contribution < -0.4 is 10.2 Å². The normalized spacial score (nSPS) is 15.3. The first-order valence-electron chi connectivity index (χ1n) is 7.76. The highest BCUT2D eigenvalue weighted by molar-refractivity contribution is 5.98. The second-order valence-corrected chi connectivity index (χ2v) is 6.83. The van der Waals surface area contributed by atoms with Gasteiger partial charge in [-0.2, -0.15) is 0 Å². The molecular weight excluding hydrogens is 276 g/mol. The minimum Gasteiger partial charge on any atom is -0.356 e. The minimum absolute atomic E-state index is 0.00595. The van der Waals surface area contributed by atoms with E-state index in [-0.39, 0.29) is 5.91 Å². The Morgan fingerprint density at radius 3 is 2.59 bits per heavy atom. The van der Waals surface area contributed by atoms with Crippen LogP contribution in [0.25, 0.3) is 10.9 Å². The summed E-state index contributed by atoms with van der Waals surface area (Å²) in [6, 6.07) is 5.81. The van der Waals surface area contributed by atoms with Crippen LogP contribution in [0.15, 0.2) is 24.5 Å². The van der Waals surface area contributed by atoms with Crippen molar-refractivity contribution in [1.29, 1.82) is 0 Å². The molecule has 1 N–H and O–H groups in total. The lowest BCUT2D eigenvalue weighted by atomic mass is 9.95. The maximum atomic E-state index is 12.2. The van der Waals surface area contributed by atoms with Gasteiger partial charge in [-0.15, -0.1) is 0 Å². The number of nitrogens with zero attached hydrogens (tertiary/aromatic N) is 3. The van der Waals surface area contributed by atoms with Crippen molar-refractivity contribution >= 4 is 28.3 Å². The minimum atomic E-state index is -0.417. The van der Waals surface area contributed by atoms with Crippen molar-refractivity contribution in [3.8, 4) is 0 Å². The van der Waals surface area contributed by atoms with Crippen molar-refractivity contribution in [1.82, 2.24) is 9.97 Å². The monoisotopic (exact) mass is 298 g/mol. The van der Waals surface area contributed by atoms with Crippen LogP contribution in [-0.4, -0.2) is 29.0 Å². The molecule has 2 heterocycles. The molecule has 0 saturated carbocycles. The molecule has 1 aromatic heterocycles. The van der Waals surface area contributed by atoms with Crippen LogP contribution in [0, 0.1) is 5.41 Å². The summed E-state index contributed by atoms with van der Waals surface area (Å²) >= 11 is 0. The molecule has 1 aromatic carbocycles. The van der Waals surface area contributed by atoms with Crippen LogP contribution in [0.5, 0.6) is 0 Å². The molecule has 0 atom stereocenters. The second kappa shape index (κ2) is 5.55. The summed E-state index contributed by atoms with van der Waals surface area (Å²) < 4.78 is 0. The number of amides is 1. The summed E-state index contributed by atoms with van der Waals surface area (Å²) in [6.07, 6.45) is 4.02. The van der Waals surface area contributed by atoms with Gasteiger partial charge in [0.05, 0.1) is 5.52 Å². The average molecular weight is 298 g/mol. The molecule has 0 aliphatic carbocycles. The average Bonchev–Trinajstić information content (AvgIpc) is 2.99. The molecule has 0 bridgehead atoms. The fraction of sp³-hybridized carbons (Fsp3) is 0.471. The number of fused-ring (bicyclic) bond motifs is 1. The van der Waals surface area contributed by atoms with Gasteiger partial charge in [0.25, 0.3) is 0 Å². The lowest BCUT2D eigenvalue weighted by molar-refractivity contribution is -0.123. The van der Waals surface area contributed by atoms with Crippen LogP contribution in [-0.2, 0) is 4.79 Å². The van der Waals surface area contributed by atoms with E-state index in [0.717, 1.165) is 35.5 Å². The maximum absolute atomic E-state index is 12.2. The molecule has 0 radical (unpaired) electrons. The third-order valence-electron chi connectivity index (χ3n) is 3.96. The first-order chi connectivity index (χ1) is 10.4. The van der Waals surface area contributed by atoms with Crippen molar-refractivity contribution in [2.75, 3.05) is 23.3 Å². The van der Waals surface area contributed by atoms with Crippen molar-refractivity contribution in [3.05, 3.63) is 24.5 Å². The van der Waals surface area contributed by atoms with Gasteiger partial charge in [-0.1, -0.05) is 20.8 Å². The zero-order chi connectivity index (χ0) is 15.7. The largest absolute Gasteiger partial charge is 0.356 e. The van der Waals surface area contributed by atoms with Gasteiger partial charge in [0, 0.05) is 29.6 Å². The number of nitrogens with one attached hydrogen (secondary N) is 1. The third kappa shape index (κ3) is 2.89. The highest BCUT2D eigenvalue weighted by Crippen LogP contribution is 2.28. The first-order valence-corrected chi connectivity index (χ1v) is 7.76. The van der Waals surface area contributed by atoms with Crippen LogP contribution in [0.1, 0.15) is 33.6 Å². The molecule has 1 aliphatic heterocycles. The predicted octanol–water partition coefficient (Wildman–Crippen LogP) is 3.21. The SMILES string of the molecule is CC(C)(C)C(=O)Nc1ccc2ncnc(N3CCCC3)c2c1. The van der Waals surface area contributed by atoms with Gasteiger partial charge in [0.15, 0.2) is 0 Å². The third-order valence-corrected chi connectivity index (χ3v) is 3.96. The van der Waals surface area contributed by atoms with Gasteiger partial charge in [-0.05, 0) is 31.0 Å². The van der Waals surface area contributed by atoms with Gasteiger partial charge in [0.1, 0.15) is 12.1 Å². The number of carbonyl (C=O) groups excluding carboxylic acids is 1. The number of hydrogen-bond donors (Lipinski definition) is 1. The van der Waals surface area contributed by atoms with E-state index >= 15 is 0 Å². The van der Waals surface area contributed by atoms with Crippen LogP contribution in [0.3, 0.4) is 0 Å². The molecule has 1 saturated heterocycles. The molecule has 3 rings (SSSR count). The zero-order valence-corrected chi connectivity index (χ0v) is 13.4. The number of rotatable bonds is 2. The van der Waals surface area contributed by atoms with E-state index in [9.17, 15) is 4.79 Å². The van der Waals surface area contributed by atoms with Gasteiger partial charge in [0.2, 0.25) is 5.91 Å². The van der Waals surface area contributed by atoms with E-state index < -0.39 is 5.41 Å². The summed E-state index contributed by atoms with van der Waals surface area (Å²) in [7, 11) is 0. The highest BCUT2D eigenvalue weighted by Gasteiger charge is 2.22. The van der Waals surface area contributed by atoms with Gasteiger partial charge in [-0.3, -0.25) is 4.79 Å². The lowest BCUT2D eigenvalue weighted by Crippen LogP contribution is -2.27.